The van der Waals surface area contributed by atoms with E-state index >= 15 is 0 Å². The van der Waals surface area contributed by atoms with E-state index in [1.165, 1.54) is 23.1 Å². The molecule has 2 heteroatoms. The van der Waals surface area contributed by atoms with Gasteiger partial charge < -0.3 is 5.73 Å². The second-order valence-electron chi connectivity index (χ2n) is 5.50. The first-order valence-electron chi connectivity index (χ1n) is 7.05. The molecule has 2 atom stereocenters. The summed E-state index contributed by atoms with van der Waals surface area (Å²) >= 11 is 0. The van der Waals surface area contributed by atoms with Crippen molar-refractivity contribution >= 4 is 0 Å². The largest absolute Gasteiger partial charge is 0.328 e. The molecule has 0 saturated heterocycles. The lowest BCUT2D eigenvalue weighted by Gasteiger charge is -2.32. The maximum absolute atomic E-state index is 6.27. The highest BCUT2D eigenvalue weighted by atomic mass is 14.6. The number of aryl methyl sites for hydroxylation is 1. The number of aromatic nitrogens is 1. The maximum atomic E-state index is 6.27. The van der Waals surface area contributed by atoms with Crippen LogP contribution in [0.1, 0.15) is 35.4 Å². The van der Waals surface area contributed by atoms with Gasteiger partial charge in [-0.15, -0.1) is 0 Å². The number of nitrogens with zero attached hydrogens (tertiary/aromatic N) is 1. The molecule has 1 heterocycles. The maximum Gasteiger partial charge on any atom is 0.0299 e. The van der Waals surface area contributed by atoms with Gasteiger partial charge in [0.25, 0.3) is 0 Å². The molecule has 1 aliphatic carbocycles. The number of nitrogens with two attached hydrogens (primary N) is 1. The lowest BCUT2D eigenvalue weighted by Crippen LogP contribution is -2.28. The van der Waals surface area contributed by atoms with Crippen LogP contribution in [0, 0.1) is 0 Å². The topological polar surface area (TPSA) is 38.9 Å². The van der Waals surface area contributed by atoms with Gasteiger partial charge in [0.2, 0.25) is 0 Å². The van der Waals surface area contributed by atoms with Crippen LogP contribution in [0.15, 0.2) is 48.8 Å². The predicted molar refractivity (Wildman–Crippen MR) is 78.0 cm³/mol. The Hall–Kier alpha value is -1.67. The summed E-state index contributed by atoms with van der Waals surface area (Å²) in [5, 5.41) is 0. The standard InChI is InChI=1S/C17H20N2/c18-16(8-7-13-4-3-9-19-12-13)11-15-10-14-5-1-2-6-17(14)15/h1-6,9,12,15-16H,7-8,10-11,18H2. The van der Waals surface area contributed by atoms with Crippen molar-refractivity contribution in [3.8, 4) is 0 Å². The van der Waals surface area contributed by atoms with E-state index in [1.807, 2.05) is 18.5 Å². The van der Waals surface area contributed by atoms with Crippen molar-refractivity contribution < 1.29 is 0 Å². The first kappa shape index (κ1) is 12.4. The zero-order valence-electron chi connectivity index (χ0n) is 11.1. The van der Waals surface area contributed by atoms with E-state index in [4.69, 9.17) is 5.73 Å². The molecule has 1 aliphatic rings. The summed E-state index contributed by atoms with van der Waals surface area (Å²) in [5.41, 5.74) is 10.6. The lowest BCUT2D eigenvalue weighted by molar-refractivity contribution is 0.467. The predicted octanol–water partition coefficient (Wildman–Crippen LogP) is 3.07. The van der Waals surface area contributed by atoms with Gasteiger partial charge in [-0.2, -0.15) is 0 Å². The Labute approximate surface area is 114 Å². The van der Waals surface area contributed by atoms with E-state index in [-0.39, 0.29) is 0 Å². The van der Waals surface area contributed by atoms with E-state index in [0.717, 1.165) is 19.3 Å². The van der Waals surface area contributed by atoms with Gasteiger partial charge in [0.15, 0.2) is 0 Å². The van der Waals surface area contributed by atoms with Gasteiger partial charge in [0.1, 0.15) is 0 Å². The van der Waals surface area contributed by atoms with Gasteiger partial charge in [-0.1, -0.05) is 30.3 Å². The smallest absolute Gasteiger partial charge is 0.0299 e. The van der Waals surface area contributed by atoms with Crippen molar-refractivity contribution in [3.05, 3.63) is 65.5 Å². The van der Waals surface area contributed by atoms with Crippen LogP contribution >= 0.6 is 0 Å². The van der Waals surface area contributed by atoms with Gasteiger partial charge in [-0.05, 0) is 54.4 Å². The van der Waals surface area contributed by atoms with Crippen LogP contribution in [0.3, 0.4) is 0 Å². The molecule has 0 fully saturated rings. The van der Waals surface area contributed by atoms with Gasteiger partial charge in [-0.25, -0.2) is 0 Å². The zero-order valence-corrected chi connectivity index (χ0v) is 11.1. The first-order valence-corrected chi connectivity index (χ1v) is 7.05. The molecule has 1 aromatic carbocycles. The van der Waals surface area contributed by atoms with Crippen LogP contribution in [0.5, 0.6) is 0 Å². The molecule has 0 amide bonds. The van der Waals surface area contributed by atoms with E-state index in [1.54, 1.807) is 0 Å². The Balaban J connectivity index is 1.49. The Morgan fingerprint density at radius 2 is 2.11 bits per heavy atom. The summed E-state index contributed by atoms with van der Waals surface area (Å²) in [4.78, 5) is 4.14. The SMILES string of the molecule is NC(CCc1cccnc1)CC1Cc2ccccc21. The Morgan fingerprint density at radius 3 is 2.89 bits per heavy atom. The quantitative estimate of drug-likeness (QED) is 0.888. The average molecular weight is 252 g/mol. The first-order chi connectivity index (χ1) is 9.33. The van der Waals surface area contributed by atoms with Crippen molar-refractivity contribution in [2.45, 2.75) is 37.6 Å². The Kier molecular flexibility index (Phi) is 3.60. The van der Waals surface area contributed by atoms with Gasteiger partial charge in [-0.3, -0.25) is 4.98 Å². The van der Waals surface area contributed by atoms with Crippen LogP contribution in [0.25, 0.3) is 0 Å². The molecule has 0 bridgehead atoms. The number of hydrogen-bond donors (Lipinski definition) is 1. The third-order valence-electron chi connectivity index (χ3n) is 4.08. The summed E-state index contributed by atoms with van der Waals surface area (Å²) < 4.78 is 0. The van der Waals surface area contributed by atoms with Gasteiger partial charge in [0, 0.05) is 18.4 Å². The zero-order chi connectivity index (χ0) is 13.1. The Morgan fingerprint density at radius 1 is 1.21 bits per heavy atom. The normalized spacial score (nSPS) is 18.5. The average Bonchev–Trinajstić information content (AvgIpc) is 2.44. The summed E-state index contributed by atoms with van der Waals surface area (Å²) in [6.45, 7) is 0. The monoisotopic (exact) mass is 252 g/mol. The van der Waals surface area contributed by atoms with E-state index in [2.05, 4.69) is 35.3 Å². The minimum Gasteiger partial charge on any atom is -0.328 e. The summed E-state index contributed by atoms with van der Waals surface area (Å²) in [7, 11) is 0. The van der Waals surface area contributed by atoms with Gasteiger partial charge >= 0.3 is 0 Å². The van der Waals surface area contributed by atoms with Crippen molar-refractivity contribution in [2.24, 2.45) is 5.73 Å². The van der Waals surface area contributed by atoms with Crippen molar-refractivity contribution in [1.82, 2.24) is 4.98 Å². The summed E-state index contributed by atoms with van der Waals surface area (Å²) in [6, 6.07) is 13.1. The van der Waals surface area contributed by atoms with Crippen LogP contribution < -0.4 is 5.73 Å². The molecular formula is C17H20N2. The van der Waals surface area contributed by atoms with Crippen molar-refractivity contribution in [3.63, 3.8) is 0 Å². The Bertz CT molecular complexity index is 536. The number of pyridine rings is 1. The number of benzene rings is 1. The fourth-order valence-electron chi connectivity index (χ4n) is 2.95. The third-order valence-corrected chi connectivity index (χ3v) is 4.08. The second-order valence-corrected chi connectivity index (χ2v) is 5.50. The highest BCUT2D eigenvalue weighted by Crippen LogP contribution is 2.38. The second kappa shape index (κ2) is 5.54. The van der Waals surface area contributed by atoms with E-state index in [9.17, 15) is 0 Å². The van der Waals surface area contributed by atoms with Crippen LogP contribution in [-0.2, 0) is 12.8 Å². The molecule has 2 unspecified atom stereocenters. The minimum absolute atomic E-state index is 0.290. The summed E-state index contributed by atoms with van der Waals surface area (Å²) in [6.07, 6.45) is 8.14. The minimum atomic E-state index is 0.290. The molecule has 2 aromatic rings. The molecule has 2 nitrogen and oxygen atoms in total. The highest BCUT2D eigenvalue weighted by Gasteiger charge is 2.26. The van der Waals surface area contributed by atoms with Crippen LogP contribution in [0.4, 0.5) is 0 Å². The number of hydrogen-bond acceptors (Lipinski definition) is 2. The highest BCUT2D eigenvalue weighted by molar-refractivity contribution is 5.39. The molecule has 19 heavy (non-hydrogen) atoms. The molecule has 1 aromatic heterocycles. The fourth-order valence-corrected chi connectivity index (χ4v) is 2.95. The number of fused-ring (bicyclic) bond motifs is 1. The molecule has 3 rings (SSSR count). The molecule has 0 spiro atoms. The van der Waals surface area contributed by atoms with E-state index < -0.39 is 0 Å². The molecule has 0 aliphatic heterocycles. The number of rotatable bonds is 5. The molecule has 2 N–H and O–H groups in total. The fraction of sp³-hybridized carbons (Fsp3) is 0.353. The molecule has 0 radical (unpaired) electrons. The summed E-state index contributed by atoms with van der Waals surface area (Å²) in [5.74, 6) is 0.681. The molecule has 0 saturated carbocycles. The lowest BCUT2D eigenvalue weighted by atomic mass is 9.74. The molecule has 98 valence electrons. The van der Waals surface area contributed by atoms with Crippen LogP contribution in [0.2, 0.25) is 0 Å². The van der Waals surface area contributed by atoms with Gasteiger partial charge in [0.05, 0.1) is 0 Å². The van der Waals surface area contributed by atoms with Crippen molar-refractivity contribution in [2.75, 3.05) is 0 Å². The van der Waals surface area contributed by atoms with Crippen LogP contribution in [-0.4, -0.2) is 11.0 Å². The van der Waals surface area contributed by atoms with Crippen molar-refractivity contribution in [1.29, 1.82) is 0 Å². The van der Waals surface area contributed by atoms with E-state index in [0.29, 0.717) is 12.0 Å². The molecular weight excluding hydrogens is 232 g/mol. The third kappa shape index (κ3) is 2.85.